The lowest BCUT2D eigenvalue weighted by Gasteiger charge is -2.33. The molecule has 0 spiro atoms. The zero-order valence-electron chi connectivity index (χ0n) is 15.6. The van der Waals surface area contributed by atoms with Crippen molar-refractivity contribution in [1.82, 2.24) is 15.0 Å². The van der Waals surface area contributed by atoms with Gasteiger partial charge in [-0.3, -0.25) is 4.79 Å². The average Bonchev–Trinajstić information content (AvgIpc) is 3.23. The molecule has 1 amide bonds. The molecule has 4 rings (SSSR count). The van der Waals surface area contributed by atoms with Gasteiger partial charge in [0.1, 0.15) is 11.9 Å². The van der Waals surface area contributed by atoms with Crippen LogP contribution in [-0.2, 0) is 11.2 Å². The van der Waals surface area contributed by atoms with Gasteiger partial charge in [0.25, 0.3) is 0 Å². The standard InChI is InChI=1S/C22H22FN3O2/c23-18-12-10-17(11-13-18)21-24-22(28-25-21)19-8-4-5-15-26(19)20(27)14-9-16-6-2-1-3-7-16/h1-3,6-7,10-13,19H,4-5,8-9,14-15H2. The minimum Gasteiger partial charge on any atom is -0.337 e. The van der Waals surface area contributed by atoms with Crippen LogP contribution in [0.2, 0.25) is 0 Å². The summed E-state index contributed by atoms with van der Waals surface area (Å²) in [5.74, 6) is 0.661. The smallest absolute Gasteiger partial charge is 0.249 e. The number of rotatable bonds is 5. The molecule has 0 saturated carbocycles. The van der Waals surface area contributed by atoms with Gasteiger partial charge in [-0.1, -0.05) is 35.5 Å². The Kier molecular flexibility index (Phi) is 5.46. The third-order valence-electron chi connectivity index (χ3n) is 5.12. The van der Waals surface area contributed by atoms with Crippen molar-refractivity contribution in [2.45, 2.75) is 38.1 Å². The number of nitrogens with zero attached hydrogens (tertiary/aromatic N) is 3. The maximum Gasteiger partial charge on any atom is 0.249 e. The van der Waals surface area contributed by atoms with Crippen molar-refractivity contribution >= 4 is 5.91 Å². The molecule has 2 heterocycles. The first-order valence-electron chi connectivity index (χ1n) is 9.63. The number of halogens is 1. The van der Waals surface area contributed by atoms with Gasteiger partial charge in [-0.05, 0) is 55.5 Å². The summed E-state index contributed by atoms with van der Waals surface area (Å²) >= 11 is 0. The minimum absolute atomic E-state index is 0.107. The van der Waals surface area contributed by atoms with E-state index in [2.05, 4.69) is 10.1 Å². The molecule has 0 N–H and O–H groups in total. The Morgan fingerprint density at radius 1 is 1.11 bits per heavy atom. The van der Waals surface area contributed by atoms with Crippen LogP contribution in [0.4, 0.5) is 4.39 Å². The Bertz CT molecular complexity index is 924. The highest BCUT2D eigenvalue weighted by Gasteiger charge is 2.32. The number of aromatic nitrogens is 2. The van der Waals surface area contributed by atoms with E-state index >= 15 is 0 Å². The first-order chi connectivity index (χ1) is 13.7. The second-order valence-electron chi connectivity index (χ2n) is 7.05. The molecule has 1 aliphatic heterocycles. The highest BCUT2D eigenvalue weighted by molar-refractivity contribution is 5.77. The number of aryl methyl sites for hydroxylation is 1. The van der Waals surface area contributed by atoms with Crippen molar-refractivity contribution in [2.24, 2.45) is 0 Å². The Morgan fingerprint density at radius 3 is 2.68 bits per heavy atom. The number of piperidine rings is 1. The zero-order valence-corrected chi connectivity index (χ0v) is 15.6. The summed E-state index contributed by atoms with van der Waals surface area (Å²) < 4.78 is 18.6. The van der Waals surface area contributed by atoms with E-state index in [0.717, 1.165) is 24.8 Å². The molecule has 2 aromatic carbocycles. The fraction of sp³-hybridized carbons (Fsp3) is 0.318. The number of hydrogen-bond donors (Lipinski definition) is 0. The normalized spacial score (nSPS) is 16.9. The first-order valence-corrected chi connectivity index (χ1v) is 9.63. The molecule has 3 aromatic rings. The van der Waals surface area contributed by atoms with Crippen molar-refractivity contribution < 1.29 is 13.7 Å². The molecule has 28 heavy (non-hydrogen) atoms. The van der Waals surface area contributed by atoms with Gasteiger partial charge in [0.15, 0.2) is 0 Å². The van der Waals surface area contributed by atoms with E-state index in [1.807, 2.05) is 35.2 Å². The van der Waals surface area contributed by atoms with Gasteiger partial charge >= 0.3 is 0 Å². The molecule has 144 valence electrons. The molecule has 0 bridgehead atoms. The Labute approximate surface area is 163 Å². The highest BCUT2D eigenvalue weighted by Crippen LogP contribution is 2.31. The fourth-order valence-electron chi connectivity index (χ4n) is 3.61. The molecule has 1 aliphatic rings. The third kappa shape index (κ3) is 4.11. The summed E-state index contributed by atoms with van der Waals surface area (Å²) in [5.41, 5.74) is 1.84. The fourth-order valence-corrected chi connectivity index (χ4v) is 3.61. The van der Waals surface area contributed by atoms with E-state index in [4.69, 9.17) is 4.52 Å². The molecule has 1 fully saturated rings. The lowest BCUT2D eigenvalue weighted by atomic mass is 10.0. The van der Waals surface area contributed by atoms with Crippen LogP contribution in [0.5, 0.6) is 0 Å². The summed E-state index contributed by atoms with van der Waals surface area (Å²) in [4.78, 5) is 19.2. The summed E-state index contributed by atoms with van der Waals surface area (Å²) in [6.07, 6.45) is 3.98. The second-order valence-corrected chi connectivity index (χ2v) is 7.05. The molecule has 0 aliphatic carbocycles. The van der Waals surface area contributed by atoms with Crippen molar-refractivity contribution in [3.8, 4) is 11.4 Å². The van der Waals surface area contributed by atoms with Crippen LogP contribution < -0.4 is 0 Å². The second kappa shape index (κ2) is 8.33. The topological polar surface area (TPSA) is 59.2 Å². The lowest BCUT2D eigenvalue weighted by molar-refractivity contribution is -0.135. The van der Waals surface area contributed by atoms with Crippen LogP contribution in [0, 0.1) is 5.82 Å². The van der Waals surface area contributed by atoms with E-state index in [0.29, 0.717) is 36.7 Å². The number of benzene rings is 2. The maximum atomic E-state index is 13.1. The van der Waals surface area contributed by atoms with Gasteiger partial charge in [0, 0.05) is 18.5 Å². The van der Waals surface area contributed by atoms with Gasteiger partial charge in [-0.2, -0.15) is 4.98 Å². The Balaban J connectivity index is 1.47. The average molecular weight is 379 g/mol. The number of carbonyl (C=O) groups excluding carboxylic acids is 1. The SMILES string of the molecule is O=C(CCc1ccccc1)N1CCCCC1c1nc(-c2ccc(F)cc2)no1. The van der Waals surface area contributed by atoms with E-state index < -0.39 is 0 Å². The van der Waals surface area contributed by atoms with Gasteiger partial charge in [0.2, 0.25) is 17.6 Å². The Hall–Kier alpha value is -3.02. The van der Waals surface area contributed by atoms with E-state index in [-0.39, 0.29) is 17.8 Å². The third-order valence-corrected chi connectivity index (χ3v) is 5.12. The van der Waals surface area contributed by atoms with Gasteiger partial charge in [0.05, 0.1) is 0 Å². The number of carbonyl (C=O) groups is 1. The first kappa shape index (κ1) is 18.3. The summed E-state index contributed by atoms with van der Waals surface area (Å²) in [6, 6.07) is 15.8. The Morgan fingerprint density at radius 2 is 1.89 bits per heavy atom. The van der Waals surface area contributed by atoms with Crippen LogP contribution in [0.15, 0.2) is 59.1 Å². The monoisotopic (exact) mass is 379 g/mol. The molecule has 1 atom stereocenters. The molecular formula is C22H22FN3O2. The van der Waals surface area contributed by atoms with Gasteiger partial charge in [-0.15, -0.1) is 0 Å². The molecule has 6 heteroatoms. The quantitative estimate of drug-likeness (QED) is 0.652. The van der Waals surface area contributed by atoms with Crippen LogP contribution >= 0.6 is 0 Å². The lowest BCUT2D eigenvalue weighted by Crippen LogP contribution is -2.38. The van der Waals surface area contributed by atoms with Crippen molar-refractivity contribution in [3.63, 3.8) is 0 Å². The van der Waals surface area contributed by atoms with Crippen molar-refractivity contribution in [3.05, 3.63) is 71.9 Å². The largest absolute Gasteiger partial charge is 0.337 e. The van der Waals surface area contributed by atoms with Crippen molar-refractivity contribution in [2.75, 3.05) is 6.54 Å². The zero-order chi connectivity index (χ0) is 19.3. The van der Waals surface area contributed by atoms with E-state index in [1.165, 1.54) is 12.1 Å². The molecule has 5 nitrogen and oxygen atoms in total. The molecule has 1 saturated heterocycles. The van der Waals surface area contributed by atoms with Crippen LogP contribution in [0.1, 0.15) is 43.2 Å². The van der Waals surface area contributed by atoms with Crippen molar-refractivity contribution in [1.29, 1.82) is 0 Å². The summed E-state index contributed by atoms with van der Waals surface area (Å²) in [6.45, 7) is 0.701. The van der Waals surface area contributed by atoms with Crippen LogP contribution in [0.3, 0.4) is 0 Å². The van der Waals surface area contributed by atoms with Gasteiger partial charge < -0.3 is 9.42 Å². The molecule has 1 unspecified atom stereocenters. The highest BCUT2D eigenvalue weighted by atomic mass is 19.1. The van der Waals surface area contributed by atoms with E-state index in [1.54, 1.807) is 12.1 Å². The van der Waals surface area contributed by atoms with E-state index in [9.17, 15) is 9.18 Å². The predicted molar refractivity (Wildman–Crippen MR) is 103 cm³/mol. The van der Waals surface area contributed by atoms with Gasteiger partial charge in [-0.25, -0.2) is 4.39 Å². The minimum atomic E-state index is -0.310. The molecule has 0 radical (unpaired) electrons. The maximum absolute atomic E-state index is 13.1. The summed E-state index contributed by atoms with van der Waals surface area (Å²) in [7, 11) is 0. The molecule has 1 aromatic heterocycles. The predicted octanol–water partition coefficient (Wildman–Crippen LogP) is 4.56. The number of amides is 1. The number of likely N-dealkylation sites (tertiary alicyclic amines) is 1. The van der Waals surface area contributed by atoms with Crippen LogP contribution in [0.25, 0.3) is 11.4 Å². The summed E-state index contributed by atoms with van der Waals surface area (Å²) in [5, 5.41) is 4.03. The number of hydrogen-bond acceptors (Lipinski definition) is 4. The van der Waals surface area contributed by atoms with Crippen LogP contribution in [-0.4, -0.2) is 27.5 Å². The molecular weight excluding hydrogens is 357 g/mol.